The zero-order valence-electron chi connectivity index (χ0n) is 15.6. The fourth-order valence-corrected chi connectivity index (χ4v) is 3.47. The lowest BCUT2D eigenvalue weighted by Gasteiger charge is -2.26. The molecule has 0 aliphatic rings. The SMILES string of the molecule is CCC(CC)N(C)Cc1ccnc(Oc2c(C)cc(Cl)cc2C)c1O. The number of aromatic nitrogens is 1. The van der Waals surface area contributed by atoms with E-state index in [2.05, 4.69) is 30.8 Å². The molecule has 1 aromatic heterocycles. The third kappa shape index (κ3) is 4.65. The smallest absolute Gasteiger partial charge is 0.262 e. The summed E-state index contributed by atoms with van der Waals surface area (Å²) in [5, 5.41) is 11.3. The van der Waals surface area contributed by atoms with Crippen molar-refractivity contribution in [3.05, 3.63) is 46.1 Å². The molecule has 5 heteroatoms. The van der Waals surface area contributed by atoms with Gasteiger partial charge in [-0.1, -0.05) is 25.4 Å². The van der Waals surface area contributed by atoms with Crippen LogP contribution in [0, 0.1) is 13.8 Å². The predicted octanol–water partition coefficient (Wildman–Crippen LogP) is 5.47. The van der Waals surface area contributed by atoms with Crippen molar-refractivity contribution in [3.63, 3.8) is 0 Å². The summed E-state index contributed by atoms with van der Waals surface area (Å²) in [6, 6.07) is 6.00. The monoisotopic (exact) mass is 362 g/mol. The highest BCUT2D eigenvalue weighted by Crippen LogP contribution is 2.36. The van der Waals surface area contributed by atoms with Gasteiger partial charge in [0.2, 0.25) is 0 Å². The summed E-state index contributed by atoms with van der Waals surface area (Å²) >= 11 is 6.07. The van der Waals surface area contributed by atoms with Gasteiger partial charge in [0.1, 0.15) is 5.75 Å². The van der Waals surface area contributed by atoms with E-state index in [9.17, 15) is 5.11 Å². The van der Waals surface area contributed by atoms with E-state index in [0.717, 1.165) is 29.5 Å². The normalized spacial score (nSPS) is 11.4. The van der Waals surface area contributed by atoms with Crippen molar-refractivity contribution < 1.29 is 9.84 Å². The molecule has 0 saturated carbocycles. The minimum absolute atomic E-state index is 0.0917. The standard InChI is InChI=1S/C20H27ClN2O2/c1-6-17(7-2)23(5)12-15-8-9-22-20(18(15)24)25-19-13(3)10-16(21)11-14(19)4/h8-11,17,24H,6-7,12H2,1-5H3. The Morgan fingerprint density at radius 2 is 1.80 bits per heavy atom. The van der Waals surface area contributed by atoms with E-state index < -0.39 is 0 Å². The van der Waals surface area contributed by atoms with Gasteiger partial charge in [-0.15, -0.1) is 0 Å². The third-order valence-corrected chi connectivity index (χ3v) is 4.80. The van der Waals surface area contributed by atoms with Crippen molar-refractivity contribution in [2.45, 2.75) is 53.1 Å². The molecule has 0 spiro atoms. The minimum Gasteiger partial charge on any atom is -0.503 e. The fourth-order valence-electron chi connectivity index (χ4n) is 3.14. The Balaban J connectivity index is 2.27. The molecule has 0 saturated heterocycles. The molecular weight excluding hydrogens is 336 g/mol. The van der Waals surface area contributed by atoms with Crippen LogP contribution < -0.4 is 4.74 Å². The van der Waals surface area contributed by atoms with Gasteiger partial charge in [-0.2, -0.15) is 0 Å². The lowest BCUT2D eigenvalue weighted by Crippen LogP contribution is -2.30. The molecule has 0 bridgehead atoms. The molecule has 0 aliphatic heterocycles. The molecule has 0 unspecified atom stereocenters. The summed E-state index contributed by atoms with van der Waals surface area (Å²) in [6.45, 7) is 8.86. The number of halogens is 1. The average molecular weight is 363 g/mol. The highest BCUT2D eigenvalue weighted by atomic mass is 35.5. The van der Waals surface area contributed by atoms with Crippen LogP contribution >= 0.6 is 11.6 Å². The molecular formula is C20H27ClN2O2. The maximum Gasteiger partial charge on any atom is 0.262 e. The average Bonchev–Trinajstić information content (AvgIpc) is 2.55. The van der Waals surface area contributed by atoms with Crippen LogP contribution in [-0.4, -0.2) is 28.1 Å². The largest absolute Gasteiger partial charge is 0.503 e. The maximum atomic E-state index is 10.6. The predicted molar refractivity (Wildman–Crippen MR) is 103 cm³/mol. The van der Waals surface area contributed by atoms with Crippen molar-refractivity contribution >= 4 is 11.6 Å². The van der Waals surface area contributed by atoms with E-state index in [0.29, 0.717) is 23.4 Å². The first-order valence-electron chi connectivity index (χ1n) is 8.69. The molecule has 1 heterocycles. The van der Waals surface area contributed by atoms with E-state index in [1.54, 1.807) is 6.20 Å². The van der Waals surface area contributed by atoms with E-state index in [1.165, 1.54) is 0 Å². The topological polar surface area (TPSA) is 45.6 Å². The molecule has 0 atom stereocenters. The molecule has 4 nitrogen and oxygen atoms in total. The molecule has 0 aliphatic carbocycles. The van der Waals surface area contributed by atoms with Crippen molar-refractivity contribution in [2.75, 3.05) is 7.05 Å². The molecule has 136 valence electrons. The number of rotatable bonds is 7. The molecule has 0 fully saturated rings. The zero-order chi connectivity index (χ0) is 18.6. The number of aryl methyl sites for hydroxylation is 2. The fraction of sp³-hybridized carbons (Fsp3) is 0.450. The van der Waals surface area contributed by atoms with Crippen LogP contribution in [0.1, 0.15) is 43.4 Å². The second-order valence-corrected chi connectivity index (χ2v) is 6.92. The molecule has 1 N–H and O–H groups in total. The van der Waals surface area contributed by atoms with Gasteiger partial charge < -0.3 is 9.84 Å². The lowest BCUT2D eigenvalue weighted by atomic mass is 10.1. The van der Waals surface area contributed by atoms with Gasteiger partial charge in [0.15, 0.2) is 5.75 Å². The van der Waals surface area contributed by atoms with E-state index in [-0.39, 0.29) is 11.6 Å². The van der Waals surface area contributed by atoms with Gasteiger partial charge in [0.05, 0.1) is 0 Å². The van der Waals surface area contributed by atoms with Crippen molar-refractivity contribution in [3.8, 4) is 17.4 Å². The van der Waals surface area contributed by atoms with Gasteiger partial charge in [0, 0.05) is 29.4 Å². The molecule has 25 heavy (non-hydrogen) atoms. The summed E-state index contributed by atoms with van der Waals surface area (Å²) in [6.07, 6.45) is 3.82. The summed E-state index contributed by atoms with van der Waals surface area (Å²) in [5.41, 5.74) is 2.63. The van der Waals surface area contributed by atoms with Crippen LogP contribution in [0.3, 0.4) is 0 Å². The second-order valence-electron chi connectivity index (χ2n) is 6.48. The summed E-state index contributed by atoms with van der Waals surface area (Å²) in [5.74, 6) is 0.996. The van der Waals surface area contributed by atoms with Crippen LogP contribution in [-0.2, 0) is 6.54 Å². The highest BCUT2D eigenvalue weighted by molar-refractivity contribution is 6.30. The maximum absolute atomic E-state index is 10.6. The van der Waals surface area contributed by atoms with E-state index >= 15 is 0 Å². The number of benzene rings is 1. The number of hydrogen-bond donors (Lipinski definition) is 1. The van der Waals surface area contributed by atoms with Gasteiger partial charge >= 0.3 is 0 Å². The summed E-state index contributed by atoms with van der Waals surface area (Å²) in [4.78, 5) is 6.46. The highest BCUT2D eigenvalue weighted by Gasteiger charge is 2.17. The van der Waals surface area contributed by atoms with Gasteiger partial charge in [-0.05, 0) is 63.1 Å². The lowest BCUT2D eigenvalue weighted by molar-refractivity contribution is 0.218. The van der Waals surface area contributed by atoms with E-state index in [1.807, 2.05) is 32.0 Å². The van der Waals surface area contributed by atoms with Crippen LogP contribution in [0.5, 0.6) is 17.4 Å². The Labute approximate surface area is 155 Å². The second kappa shape index (κ2) is 8.54. The van der Waals surface area contributed by atoms with Gasteiger partial charge in [-0.25, -0.2) is 4.98 Å². The Kier molecular flexibility index (Phi) is 6.68. The van der Waals surface area contributed by atoms with Crippen LogP contribution in [0.25, 0.3) is 0 Å². The van der Waals surface area contributed by atoms with Crippen LogP contribution in [0.2, 0.25) is 5.02 Å². The minimum atomic E-state index is 0.0917. The van der Waals surface area contributed by atoms with Gasteiger partial charge in [0.25, 0.3) is 5.88 Å². The van der Waals surface area contributed by atoms with Crippen LogP contribution in [0.15, 0.2) is 24.4 Å². The number of ether oxygens (including phenoxy) is 1. The van der Waals surface area contributed by atoms with Crippen molar-refractivity contribution in [2.24, 2.45) is 0 Å². The Hall–Kier alpha value is -1.78. The van der Waals surface area contributed by atoms with Crippen LogP contribution in [0.4, 0.5) is 0 Å². The Morgan fingerprint density at radius 3 is 2.36 bits per heavy atom. The van der Waals surface area contributed by atoms with Gasteiger partial charge in [-0.3, -0.25) is 4.90 Å². The first kappa shape index (κ1) is 19.5. The first-order chi connectivity index (χ1) is 11.9. The third-order valence-electron chi connectivity index (χ3n) is 4.58. The number of pyridine rings is 1. The summed E-state index contributed by atoms with van der Waals surface area (Å²) in [7, 11) is 2.07. The molecule has 2 rings (SSSR count). The van der Waals surface area contributed by atoms with E-state index in [4.69, 9.17) is 16.3 Å². The zero-order valence-corrected chi connectivity index (χ0v) is 16.4. The molecule has 0 amide bonds. The first-order valence-corrected chi connectivity index (χ1v) is 9.06. The number of nitrogens with zero attached hydrogens (tertiary/aromatic N) is 2. The summed E-state index contributed by atoms with van der Waals surface area (Å²) < 4.78 is 5.92. The quantitative estimate of drug-likeness (QED) is 0.709. The molecule has 1 aromatic carbocycles. The number of aromatic hydroxyl groups is 1. The number of hydrogen-bond acceptors (Lipinski definition) is 4. The van der Waals surface area contributed by atoms with Crippen molar-refractivity contribution in [1.29, 1.82) is 0 Å². The Bertz CT molecular complexity index is 707. The molecule has 0 radical (unpaired) electrons. The molecule has 2 aromatic rings. The van der Waals surface area contributed by atoms with Crippen molar-refractivity contribution in [1.82, 2.24) is 9.88 Å². The Morgan fingerprint density at radius 1 is 1.20 bits per heavy atom.